The molecule has 1 amide bonds. The molecule has 0 aliphatic rings. The minimum absolute atomic E-state index is 0.0610. The fraction of sp³-hybridized carbons (Fsp3) is 0.300. The number of nitrogens with one attached hydrogen (secondary N) is 1. The molecular weight excluding hydrogens is 282 g/mol. The summed E-state index contributed by atoms with van der Waals surface area (Å²) in [5.41, 5.74) is 3.16. The van der Waals surface area contributed by atoms with Gasteiger partial charge in [0, 0.05) is 5.21 Å². The van der Waals surface area contributed by atoms with Crippen molar-refractivity contribution < 1.29 is 14.1 Å². The molecule has 2 rings (SSSR count). The van der Waals surface area contributed by atoms with Gasteiger partial charge in [-0.05, 0) is 24.8 Å². The first-order valence-electron chi connectivity index (χ1n) is 5.77. The molecule has 0 aliphatic heterocycles. The number of hydrazone groups is 1. The third-order valence-electron chi connectivity index (χ3n) is 2.43. The lowest BCUT2D eigenvalue weighted by Crippen LogP contribution is -2.21. The SMILES string of the molecule is C/C(Cn1nnc([N+](=O)[O-])n1)=N\NC(=O)c1ccoc1C. The van der Waals surface area contributed by atoms with Crippen molar-refractivity contribution in [3.63, 3.8) is 0 Å². The molecule has 0 fully saturated rings. The molecule has 0 spiro atoms. The molecule has 0 atom stereocenters. The highest BCUT2D eigenvalue weighted by atomic mass is 16.6. The molecular formula is C10H11N7O4. The van der Waals surface area contributed by atoms with Crippen molar-refractivity contribution in [3.8, 4) is 0 Å². The predicted molar refractivity (Wildman–Crippen MR) is 68.5 cm³/mol. The van der Waals surface area contributed by atoms with Crippen LogP contribution in [-0.2, 0) is 6.54 Å². The molecule has 0 aromatic carbocycles. The zero-order chi connectivity index (χ0) is 15.4. The maximum atomic E-state index is 11.8. The van der Waals surface area contributed by atoms with Gasteiger partial charge in [0.25, 0.3) is 5.91 Å². The van der Waals surface area contributed by atoms with E-state index in [9.17, 15) is 14.9 Å². The van der Waals surface area contributed by atoms with Crippen molar-refractivity contribution in [3.05, 3.63) is 33.8 Å². The third-order valence-corrected chi connectivity index (χ3v) is 2.43. The van der Waals surface area contributed by atoms with Crippen LogP contribution in [0.15, 0.2) is 21.8 Å². The van der Waals surface area contributed by atoms with E-state index in [1.54, 1.807) is 13.8 Å². The number of aryl methyl sites for hydroxylation is 1. The summed E-state index contributed by atoms with van der Waals surface area (Å²) in [6.07, 6.45) is 1.40. The van der Waals surface area contributed by atoms with Gasteiger partial charge in [-0.15, -0.1) is 0 Å². The van der Waals surface area contributed by atoms with Crippen molar-refractivity contribution in [1.82, 2.24) is 25.6 Å². The van der Waals surface area contributed by atoms with Crippen molar-refractivity contribution in [2.45, 2.75) is 20.4 Å². The zero-order valence-corrected chi connectivity index (χ0v) is 11.2. The first-order valence-corrected chi connectivity index (χ1v) is 5.77. The summed E-state index contributed by atoms with van der Waals surface area (Å²) < 4.78 is 5.01. The molecule has 0 radical (unpaired) electrons. The van der Waals surface area contributed by atoms with Crippen LogP contribution in [0.5, 0.6) is 0 Å². The number of hydrogen-bond donors (Lipinski definition) is 1. The van der Waals surface area contributed by atoms with Gasteiger partial charge < -0.3 is 14.5 Å². The van der Waals surface area contributed by atoms with E-state index in [0.717, 1.165) is 4.80 Å². The number of tetrazole rings is 1. The molecule has 21 heavy (non-hydrogen) atoms. The quantitative estimate of drug-likeness (QED) is 0.474. The molecule has 11 heteroatoms. The Morgan fingerprint density at radius 3 is 2.95 bits per heavy atom. The lowest BCUT2D eigenvalue weighted by atomic mass is 10.2. The summed E-state index contributed by atoms with van der Waals surface area (Å²) >= 11 is 0. The summed E-state index contributed by atoms with van der Waals surface area (Å²) in [5, 5.41) is 24.5. The number of rotatable bonds is 5. The first kappa shape index (κ1) is 14.3. The minimum atomic E-state index is -0.751. The lowest BCUT2D eigenvalue weighted by Gasteiger charge is -2.00. The Morgan fingerprint density at radius 1 is 1.62 bits per heavy atom. The van der Waals surface area contributed by atoms with E-state index in [1.807, 2.05) is 0 Å². The number of aromatic nitrogens is 4. The van der Waals surface area contributed by atoms with Crippen LogP contribution >= 0.6 is 0 Å². The number of carbonyl (C=O) groups is 1. The van der Waals surface area contributed by atoms with Gasteiger partial charge >= 0.3 is 5.95 Å². The number of nitro groups is 1. The minimum Gasteiger partial charge on any atom is -0.469 e. The van der Waals surface area contributed by atoms with Crippen LogP contribution in [0.25, 0.3) is 0 Å². The maximum Gasteiger partial charge on any atom is 0.514 e. The van der Waals surface area contributed by atoms with Crippen LogP contribution in [0.1, 0.15) is 23.0 Å². The molecule has 2 aromatic heterocycles. The van der Waals surface area contributed by atoms with E-state index in [0.29, 0.717) is 17.0 Å². The molecule has 11 nitrogen and oxygen atoms in total. The normalized spacial score (nSPS) is 11.4. The summed E-state index contributed by atoms with van der Waals surface area (Å²) in [7, 11) is 0. The van der Waals surface area contributed by atoms with E-state index in [2.05, 4.69) is 25.9 Å². The first-order chi connectivity index (χ1) is 9.97. The van der Waals surface area contributed by atoms with E-state index in [4.69, 9.17) is 4.42 Å². The average Bonchev–Trinajstić information content (AvgIpc) is 3.05. The van der Waals surface area contributed by atoms with Crippen LogP contribution in [0, 0.1) is 17.0 Å². The molecule has 0 aliphatic carbocycles. The second-order valence-corrected chi connectivity index (χ2v) is 4.06. The van der Waals surface area contributed by atoms with Crippen molar-refractivity contribution in [1.29, 1.82) is 0 Å². The highest BCUT2D eigenvalue weighted by Gasteiger charge is 2.16. The van der Waals surface area contributed by atoms with Gasteiger partial charge in [-0.2, -0.15) is 5.10 Å². The summed E-state index contributed by atoms with van der Waals surface area (Å²) in [6, 6.07) is 1.53. The van der Waals surface area contributed by atoms with Crippen molar-refractivity contribution >= 4 is 17.6 Å². The summed E-state index contributed by atoms with van der Waals surface area (Å²) in [5.74, 6) is -0.534. The summed E-state index contributed by atoms with van der Waals surface area (Å²) in [6.45, 7) is 3.33. The Kier molecular flexibility index (Phi) is 4.02. The van der Waals surface area contributed by atoms with E-state index < -0.39 is 16.8 Å². The molecule has 110 valence electrons. The van der Waals surface area contributed by atoms with E-state index >= 15 is 0 Å². The molecule has 0 saturated carbocycles. The van der Waals surface area contributed by atoms with E-state index in [-0.39, 0.29) is 6.54 Å². The van der Waals surface area contributed by atoms with Crippen LogP contribution in [0.3, 0.4) is 0 Å². The fourth-order valence-corrected chi connectivity index (χ4v) is 1.44. The molecule has 2 heterocycles. The Hall–Kier alpha value is -3.11. The van der Waals surface area contributed by atoms with Gasteiger partial charge in [0.05, 0.1) is 27.7 Å². The second kappa shape index (κ2) is 5.90. The van der Waals surface area contributed by atoms with Crippen LogP contribution in [0.2, 0.25) is 0 Å². The lowest BCUT2D eigenvalue weighted by molar-refractivity contribution is -0.394. The van der Waals surface area contributed by atoms with Gasteiger partial charge in [0.15, 0.2) is 0 Å². The summed E-state index contributed by atoms with van der Waals surface area (Å²) in [4.78, 5) is 22.4. The number of amides is 1. The highest BCUT2D eigenvalue weighted by molar-refractivity contribution is 5.95. The van der Waals surface area contributed by atoms with E-state index in [1.165, 1.54) is 12.3 Å². The zero-order valence-electron chi connectivity index (χ0n) is 11.2. The monoisotopic (exact) mass is 293 g/mol. The molecule has 1 N–H and O–H groups in total. The fourth-order valence-electron chi connectivity index (χ4n) is 1.44. The van der Waals surface area contributed by atoms with Gasteiger partial charge in [0.2, 0.25) is 0 Å². The van der Waals surface area contributed by atoms with Gasteiger partial charge in [-0.25, -0.2) is 5.43 Å². The van der Waals surface area contributed by atoms with Crippen LogP contribution in [0.4, 0.5) is 5.95 Å². The topological polar surface area (TPSA) is 141 Å². The Labute approximate surface area is 117 Å². The average molecular weight is 293 g/mol. The second-order valence-electron chi connectivity index (χ2n) is 4.06. The number of nitrogens with zero attached hydrogens (tertiary/aromatic N) is 6. The molecule has 0 bridgehead atoms. The number of carbonyl (C=O) groups excluding carboxylic acids is 1. The predicted octanol–water partition coefficient (Wildman–Crippen LogP) is 0.289. The molecule has 2 aromatic rings. The Bertz CT molecular complexity index is 702. The number of hydrogen-bond acceptors (Lipinski definition) is 8. The number of furan rings is 1. The Morgan fingerprint density at radius 2 is 2.38 bits per heavy atom. The van der Waals surface area contributed by atoms with Crippen LogP contribution in [-0.4, -0.2) is 36.7 Å². The van der Waals surface area contributed by atoms with Gasteiger partial charge in [-0.1, -0.05) is 4.80 Å². The molecule has 0 unspecified atom stereocenters. The van der Waals surface area contributed by atoms with Gasteiger partial charge in [0.1, 0.15) is 12.3 Å². The van der Waals surface area contributed by atoms with Crippen LogP contribution < -0.4 is 5.43 Å². The standard InChI is InChI=1S/C10H11N7O4/c1-6(5-16-14-10(13-15-16)17(19)20)11-12-9(18)8-3-4-21-7(8)2/h3-4H,5H2,1-2H3,(H,12,18)/b11-6+. The Balaban J connectivity index is 1.96. The largest absolute Gasteiger partial charge is 0.514 e. The van der Waals surface area contributed by atoms with Gasteiger partial charge in [-0.3, -0.25) is 4.79 Å². The highest BCUT2D eigenvalue weighted by Crippen LogP contribution is 2.07. The van der Waals surface area contributed by atoms with Crippen molar-refractivity contribution in [2.75, 3.05) is 0 Å². The molecule has 0 saturated heterocycles. The maximum absolute atomic E-state index is 11.8. The smallest absolute Gasteiger partial charge is 0.469 e. The van der Waals surface area contributed by atoms with Crippen molar-refractivity contribution in [2.24, 2.45) is 5.10 Å². The third kappa shape index (κ3) is 3.46.